The molecule has 0 bridgehead atoms. The Labute approximate surface area is 182 Å². The van der Waals surface area contributed by atoms with Gasteiger partial charge >= 0.3 is 6.09 Å². The van der Waals surface area contributed by atoms with Gasteiger partial charge in [0.05, 0.1) is 28.0 Å². The van der Waals surface area contributed by atoms with Crippen molar-refractivity contribution in [2.75, 3.05) is 38.2 Å². The second kappa shape index (κ2) is 7.48. The topological polar surface area (TPSA) is 83.5 Å². The Bertz CT molecular complexity index is 1060. The van der Waals surface area contributed by atoms with E-state index in [9.17, 15) is 9.59 Å². The van der Waals surface area contributed by atoms with Gasteiger partial charge in [0.1, 0.15) is 30.3 Å². The number of anilines is 1. The van der Waals surface area contributed by atoms with Crippen molar-refractivity contribution in [3.8, 4) is 5.75 Å². The molecule has 2 atom stereocenters. The first-order valence-corrected chi connectivity index (χ1v) is 10.8. The van der Waals surface area contributed by atoms with Gasteiger partial charge in [-0.25, -0.2) is 4.79 Å². The summed E-state index contributed by atoms with van der Waals surface area (Å²) in [5, 5.41) is 2.81. The molecule has 10 heteroatoms. The van der Waals surface area contributed by atoms with Crippen molar-refractivity contribution >= 4 is 46.5 Å². The Kier molecular flexibility index (Phi) is 4.79. The van der Waals surface area contributed by atoms with E-state index in [0.29, 0.717) is 20.7 Å². The lowest BCUT2D eigenvalue weighted by molar-refractivity contribution is 0.0890. The molecule has 2 amide bonds. The first kappa shape index (κ1) is 19.2. The molecule has 5 rings (SSSR count). The van der Waals surface area contributed by atoms with Crippen LogP contribution in [0.15, 0.2) is 35.3 Å². The third-order valence-corrected chi connectivity index (χ3v) is 6.65. The lowest BCUT2D eigenvalue weighted by Crippen LogP contribution is -2.47. The van der Waals surface area contributed by atoms with E-state index in [1.807, 2.05) is 25.2 Å². The summed E-state index contributed by atoms with van der Waals surface area (Å²) >= 11 is 7.09. The Morgan fingerprint density at radius 2 is 2.23 bits per heavy atom. The summed E-state index contributed by atoms with van der Waals surface area (Å²) in [4.78, 5) is 33.6. The van der Waals surface area contributed by atoms with E-state index >= 15 is 0 Å². The summed E-state index contributed by atoms with van der Waals surface area (Å²) in [5.41, 5.74) is 1.62. The number of thiophene rings is 1. The van der Waals surface area contributed by atoms with Crippen LogP contribution in [0, 0.1) is 0 Å². The average Bonchev–Trinajstić information content (AvgIpc) is 3.45. The summed E-state index contributed by atoms with van der Waals surface area (Å²) in [5.74, 6) is 1.30. The Morgan fingerprint density at radius 1 is 1.37 bits per heavy atom. The minimum Gasteiger partial charge on any atom is -0.489 e. The van der Waals surface area contributed by atoms with E-state index in [1.165, 1.54) is 11.3 Å². The van der Waals surface area contributed by atoms with Crippen LogP contribution in [0.4, 0.5) is 10.5 Å². The number of carbonyl (C=O) groups excluding carboxylic acids is 2. The molecular formula is C20H19ClN4O4S. The third kappa shape index (κ3) is 3.27. The second-order valence-corrected chi connectivity index (χ2v) is 9.01. The largest absolute Gasteiger partial charge is 0.489 e. The Morgan fingerprint density at radius 3 is 2.97 bits per heavy atom. The highest BCUT2D eigenvalue weighted by atomic mass is 35.5. The molecule has 4 heterocycles. The molecule has 0 spiro atoms. The number of amides is 2. The average molecular weight is 447 g/mol. The number of nitrogens with one attached hydrogen (secondary N) is 1. The molecule has 156 valence electrons. The van der Waals surface area contributed by atoms with Crippen molar-refractivity contribution in [3.63, 3.8) is 0 Å². The number of hydrogen-bond donors (Lipinski definition) is 1. The van der Waals surface area contributed by atoms with Crippen molar-refractivity contribution in [1.29, 1.82) is 0 Å². The van der Waals surface area contributed by atoms with Crippen LogP contribution in [0.1, 0.15) is 15.2 Å². The zero-order chi connectivity index (χ0) is 20.8. The molecular weight excluding hydrogens is 428 g/mol. The number of cyclic esters (lactones) is 1. The number of rotatable bonds is 4. The predicted octanol–water partition coefficient (Wildman–Crippen LogP) is 2.61. The number of ether oxygens (including phenoxy) is 2. The zero-order valence-corrected chi connectivity index (χ0v) is 17.7. The van der Waals surface area contributed by atoms with Crippen LogP contribution < -0.4 is 15.0 Å². The molecule has 0 aliphatic carbocycles. The lowest BCUT2D eigenvalue weighted by atomic mass is 10.1. The van der Waals surface area contributed by atoms with Crippen LogP contribution in [0.5, 0.6) is 5.75 Å². The molecule has 30 heavy (non-hydrogen) atoms. The van der Waals surface area contributed by atoms with Crippen molar-refractivity contribution in [2.45, 2.75) is 12.1 Å². The van der Waals surface area contributed by atoms with Gasteiger partial charge in [0.15, 0.2) is 0 Å². The van der Waals surface area contributed by atoms with E-state index in [4.69, 9.17) is 21.1 Å². The Balaban J connectivity index is 1.31. The fraction of sp³-hybridized carbons (Fsp3) is 0.350. The van der Waals surface area contributed by atoms with Gasteiger partial charge in [-0.05, 0) is 30.3 Å². The van der Waals surface area contributed by atoms with Crippen LogP contribution in [0.2, 0.25) is 4.34 Å². The SMILES string of the molecule is CN1CCN=C1c1ccc2c(c1)OC[C@H]1[C@H](CNC(=O)c3ccc(Cl)s3)OC(=O)N21. The summed E-state index contributed by atoms with van der Waals surface area (Å²) in [6.07, 6.45) is -0.943. The summed E-state index contributed by atoms with van der Waals surface area (Å²) in [6.45, 7) is 2.14. The molecule has 1 saturated heterocycles. The highest BCUT2D eigenvalue weighted by molar-refractivity contribution is 7.18. The van der Waals surface area contributed by atoms with Crippen LogP contribution in [0.25, 0.3) is 0 Å². The fourth-order valence-corrected chi connectivity index (χ4v) is 4.87. The van der Waals surface area contributed by atoms with E-state index in [-0.39, 0.29) is 25.1 Å². The highest BCUT2D eigenvalue weighted by Gasteiger charge is 2.46. The Hall–Kier alpha value is -2.78. The third-order valence-electron chi connectivity index (χ3n) is 5.42. The molecule has 8 nitrogen and oxygen atoms in total. The van der Waals surface area contributed by atoms with E-state index in [0.717, 1.165) is 24.5 Å². The fourth-order valence-electron chi connectivity index (χ4n) is 3.91. The molecule has 0 unspecified atom stereocenters. The predicted molar refractivity (Wildman–Crippen MR) is 114 cm³/mol. The first-order valence-electron chi connectivity index (χ1n) is 9.57. The van der Waals surface area contributed by atoms with Crippen molar-refractivity contribution < 1.29 is 19.1 Å². The number of carbonyl (C=O) groups is 2. The lowest BCUT2D eigenvalue weighted by Gasteiger charge is -2.31. The molecule has 3 aliphatic rings. The van der Waals surface area contributed by atoms with Crippen LogP contribution in [-0.2, 0) is 4.74 Å². The summed E-state index contributed by atoms with van der Waals surface area (Å²) < 4.78 is 12.1. The maximum atomic E-state index is 12.6. The number of fused-ring (bicyclic) bond motifs is 3. The second-order valence-electron chi connectivity index (χ2n) is 7.29. The molecule has 1 fully saturated rings. The molecule has 3 aliphatic heterocycles. The van der Waals surface area contributed by atoms with Gasteiger partial charge in [-0.3, -0.25) is 14.7 Å². The number of benzene rings is 1. The summed E-state index contributed by atoms with van der Waals surface area (Å²) in [7, 11) is 2.00. The minimum absolute atomic E-state index is 0.194. The van der Waals surface area contributed by atoms with Crippen LogP contribution in [0.3, 0.4) is 0 Å². The number of halogens is 1. The highest BCUT2D eigenvalue weighted by Crippen LogP contribution is 2.39. The number of nitrogens with zero attached hydrogens (tertiary/aromatic N) is 3. The van der Waals surface area contributed by atoms with Gasteiger partial charge in [-0.1, -0.05) is 11.6 Å². The van der Waals surface area contributed by atoms with Gasteiger partial charge < -0.3 is 19.7 Å². The monoisotopic (exact) mass is 446 g/mol. The zero-order valence-electron chi connectivity index (χ0n) is 16.1. The van der Waals surface area contributed by atoms with E-state index in [2.05, 4.69) is 15.2 Å². The minimum atomic E-state index is -0.505. The van der Waals surface area contributed by atoms with Crippen molar-refractivity contribution in [2.24, 2.45) is 4.99 Å². The van der Waals surface area contributed by atoms with Gasteiger partial charge in [0.2, 0.25) is 0 Å². The van der Waals surface area contributed by atoms with Crippen LogP contribution in [-0.4, -0.2) is 68.2 Å². The molecule has 1 aromatic carbocycles. The molecule has 2 aromatic rings. The van der Waals surface area contributed by atoms with Gasteiger partial charge in [-0.15, -0.1) is 11.3 Å². The molecule has 1 N–H and O–H groups in total. The quantitative estimate of drug-likeness (QED) is 0.780. The number of likely N-dealkylation sites (N-methyl/N-ethyl adjacent to an activating group) is 1. The normalized spacial score (nSPS) is 22.2. The maximum Gasteiger partial charge on any atom is 0.415 e. The molecule has 0 radical (unpaired) electrons. The number of aliphatic imine (C=N–C) groups is 1. The van der Waals surface area contributed by atoms with Gasteiger partial charge in [0.25, 0.3) is 5.91 Å². The van der Waals surface area contributed by atoms with Crippen molar-refractivity contribution in [3.05, 3.63) is 45.1 Å². The first-order chi connectivity index (χ1) is 14.5. The van der Waals surface area contributed by atoms with Gasteiger partial charge in [0, 0.05) is 19.2 Å². The maximum absolute atomic E-state index is 12.6. The number of hydrogen-bond acceptors (Lipinski definition) is 7. The molecule has 1 aromatic heterocycles. The van der Waals surface area contributed by atoms with Crippen molar-refractivity contribution in [1.82, 2.24) is 10.2 Å². The number of amidine groups is 1. The summed E-state index contributed by atoms with van der Waals surface area (Å²) in [6, 6.07) is 8.74. The van der Waals surface area contributed by atoms with E-state index < -0.39 is 12.2 Å². The molecule has 0 saturated carbocycles. The van der Waals surface area contributed by atoms with Crippen LogP contribution >= 0.6 is 22.9 Å². The van der Waals surface area contributed by atoms with Gasteiger partial charge in [-0.2, -0.15) is 0 Å². The van der Waals surface area contributed by atoms with E-state index in [1.54, 1.807) is 17.0 Å². The smallest absolute Gasteiger partial charge is 0.415 e. The standard InChI is InChI=1S/C20H19ClN4O4S/c1-24-7-6-22-18(24)11-2-3-12-14(8-11)28-10-13-15(29-20(27)25(12)13)9-23-19(26)16-4-5-17(21)30-16/h2-5,8,13,15H,6-7,9-10H2,1H3,(H,23,26)/t13-,15-/m0/s1.